The van der Waals surface area contributed by atoms with E-state index in [-0.39, 0.29) is 18.1 Å². The average Bonchev–Trinajstić information content (AvgIpc) is 2.50. The molecule has 0 heterocycles. The Morgan fingerprint density at radius 2 is 1.65 bits per heavy atom. The molecule has 0 bridgehead atoms. The Balaban J connectivity index is 3.10. The molecule has 0 aromatic heterocycles. The second kappa shape index (κ2) is 8.66. The molecule has 0 saturated carbocycles. The van der Waals surface area contributed by atoms with E-state index in [0.29, 0.717) is 0 Å². The van der Waals surface area contributed by atoms with Crippen molar-refractivity contribution in [1.82, 2.24) is 5.32 Å². The zero-order valence-corrected chi connectivity index (χ0v) is 16.8. The summed E-state index contributed by atoms with van der Waals surface area (Å²) in [5, 5.41) is 11.8. The van der Waals surface area contributed by atoms with Crippen molar-refractivity contribution in [3.05, 3.63) is 35.9 Å². The van der Waals surface area contributed by atoms with E-state index in [2.05, 4.69) is 5.32 Å². The SMILES string of the molecule is CC(C)[C@H](NC(=O)[C@H](Cc1ccccc1)CS(=O)(=O)C(C)(C)C)C(=O)O. The van der Waals surface area contributed by atoms with E-state index in [1.165, 1.54) is 0 Å². The zero-order chi connectivity index (χ0) is 20.1. The molecule has 0 aliphatic rings. The number of nitrogens with one attached hydrogen (secondary N) is 1. The molecular formula is C19H29NO5S. The average molecular weight is 384 g/mol. The van der Waals surface area contributed by atoms with E-state index in [1.54, 1.807) is 34.6 Å². The molecule has 0 saturated heterocycles. The minimum absolute atomic E-state index is 0.229. The van der Waals surface area contributed by atoms with Gasteiger partial charge in [0.25, 0.3) is 0 Å². The van der Waals surface area contributed by atoms with Gasteiger partial charge < -0.3 is 10.4 Å². The van der Waals surface area contributed by atoms with Crippen LogP contribution < -0.4 is 5.32 Å². The summed E-state index contributed by atoms with van der Waals surface area (Å²) in [6.07, 6.45) is 0.229. The fourth-order valence-corrected chi connectivity index (χ4v) is 3.72. The second-order valence-electron chi connectivity index (χ2n) is 7.85. The summed E-state index contributed by atoms with van der Waals surface area (Å²) in [6, 6.07) is 8.05. The molecule has 7 heteroatoms. The zero-order valence-electron chi connectivity index (χ0n) is 16.0. The summed E-state index contributed by atoms with van der Waals surface area (Å²) >= 11 is 0. The molecule has 1 aromatic carbocycles. The molecule has 1 aromatic rings. The lowest BCUT2D eigenvalue weighted by molar-refractivity contribution is -0.143. The molecule has 0 aliphatic carbocycles. The van der Waals surface area contributed by atoms with Crippen LogP contribution in [0.25, 0.3) is 0 Å². The molecule has 26 heavy (non-hydrogen) atoms. The number of hydrogen-bond acceptors (Lipinski definition) is 4. The Bertz CT molecular complexity index is 720. The predicted molar refractivity (Wildman–Crippen MR) is 102 cm³/mol. The van der Waals surface area contributed by atoms with E-state index in [9.17, 15) is 23.1 Å². The highest BCUT2D eigenvalue weighted by Crippen LogP contribution is 2.21. The summed E-state index contributed by atoms with van der Waals surface area (Å²) < 4.78 is 24.2. The maximum Gasteiger partial charge on any atom is 0.326 e. The third-order valence-electron chi connectivity index (χ3n) is 4.28. The van der Waals surface area contributed by atoms with E-state index < -0.39 is 38.4 Å². The van der Waals surface area contributed by atoms with Crippen molar-refractivity contribution in [3.8, 4) is 0 Å². The summed E-state index contributed by atoms with van der Waals surface area (Å²) in [7, 11) is -3.55. The number of carbonyl (C=O) groups excluding carboxylic acids is 1. The van der Waals surface area contributed by atoms with Crippen LogP contribution in [0.3, 0.4) is 0 Å². The molecule has 1 rings (SSSR count). The van der Waals surface area contributed by atoms with Gasteiger partial charge in [-0.25, -0.2) is 13.2 Å². The van der Waals surface area contributed by atoms with E-state index in [4.69, 9.17) is 0 Å². The largest absolute Gasteiger partial charge is 0.480 e. The van der Waals surface area contributed by atoms with Gasteiger partial charge in [0.1, 0.15) is 6.04 Å². The summed E-state index contributed by atoms with van der Waals surface area (Å²) in [4.78, 5) is 24.1. The maximum atomic E-state index is 12.7. The number of benzene rings is 1. The number of rotatable bonds is 8. The minimum atomic E-state index is -3.55. The molecule has 0 aliphatic heterocycles. The van der Waals surface area contributed by atoms with Gasteiger partial charge in [-0.05, 0) is 38.7 Å². The highest BCUT2D eigenvalue weighted by molar-refractivity contribution is 7.92. The Morgan fingerprint density at radius 1 is 1.12 bits per heavy atom. The molecular weight excluding hydrogens is 354 g/mol. The smallest absolute Gasteiger partial charge is 0.326 e. The monoisotopic (exact) mass is 383 g/mol. The first-order valence-electron chi connectivity index (χ1n) is 8.64. The van der Waals surface area contributed by atoms with Crippen molar-refractivity contribution in [1.29, 1.82) is 0 Å². The van der Waals surface area contributed by atoms with Crippen molar-refractivity contribution in [3.63, 3.8) is 0 Å². The molecule has 0 radical (unpaired) electrons. The van der Waals surface area contributed by atoms with Crippen LogP contribution in [0.1, 0.15) is 40.2 Å². The van der Waals surface area contributed by atoms with Gasteiger partial charge in [0, 0.05) is 0 Å². The Labute approximate surface area is 155 Å². The number of sulfone groups is 1. The topological polar surface area (TPSA) is 101 Å². The van der Waals surface area contributed by atoms with Crippen molar-refractivity contribution in [2.45, 2.75) is 51.8 Å². The van der Waals surface area contributed by atoms with Gasteiger partial charge in [-0.3, -0.25) is 4.79 Å². The van der Waals surface area contributed by atoms with Gasteiger partial charge >= 0.3 is 5.97 Å². The summed E-state index contributed by atoms with van der Waals surface area (Å²) in [6.45, 7) is 8.16. The van der Waals surface area contributed by atoms with Crippen molar-refractivity contribution >= 4 is 21.7 Å². The van der Waals surface area contributed by atoms with E-state index >= 15 is 0 Å². The van der Waals surface area contributed by atoms with Crippen molar-refractivity contribution < 1.29 is 23.1 Å². The number of carboxylic acids is 1. The van der Waals surface area contributed by atoms with Crippen LogP contribution in [0.15, 0.2) is 30.3 Å². The van der Waals surface area contributed by atoms with Gasteiger partial charge in [0.05, 0.1) is 16.4 Å². The van der Waals surface area contributed by atoms with Gasteiger partial charge in [-0.2, -0.15) is 0 Å². The van der Waals surface area contributed by atoms with Crippen molar-refractivity contribution in [2.24, 2.45) is 11.8 Å². The third-order valence-corrected chi connectivity index (χ3v) is 6.99. The van der Waals surface area contributed by atoms with Crippen LogP contribution in [-0.2, 0) is 25.8 Å². The molecule has 2 N–H and O–H groups in total. The fraction of sp³-hybridized carbons (Fsp3) is 0.579. The van der Waals surface area contributed by atoms with E-state index in [1.807, 2.05) is 30.3 Å². The Kier molecular flexibility index (Phi) is 7.38. The number of aliphatic carboxylic acids is 1. The van der Waals surface area contributed by atoms with Gasteiger partial charge in [-0.1, -0.05) is 44.2 Å². The van der Waals surface area contributed by atoms with Gasteiger partial charge in [0.2, 0.25) is 5.91 Å². The maximum absolute atomic E-state index is 12.7. The molecule has 0 fully saturated rings. The van der Waals surface area contributed by atoms with Gasteiger partial charge in [0.15, 0.2) is 9.84 Å². The lowest BCUT2D eigenvalue weighted by Crippen LogP contribution is -2.49. The predicted octanol–water partition coefficient (Wildman–Crippen LogP) is 2.28. The molecule has 6 nitrogen and oxygen atoms in total. The van der Waals surface area contributed by atoms with Crippen LogP contribution in [-0.4, -0.2) is 41.9 Å². The van der Waals surface area contributed by atoms with Crippen LogP contribution in [0.4, 0.5) is 0 Å². The quantitative estimate of drug-likeness (QED) is 0.717. The minimum Gasteiger partial charge on any atom is -0.480 e. The summed E-state index contributed by atoms with van der Waals surface area (Å²) in [5.41, 5.74) is 0.827. The fourth-order valence-electron chi connectivity index (χ4n) is 2.43. The summed E-state index contributed by atoms with van der Waals surface area (Å²) in [5.74, 6) is -3.19. The number of hydrogen-bond donors (Lipinski definition) is 2. The number of carbonyl (C=O) groups is 2. The van der Waals surface area contributed by atoms with Crippen molar-refractivity contribution in [2.75, 3.05) is 5.75 Å². The first kappa shape index (κ1) is 22.2. The van der Waals surface area contributed by atoms with Crippen LogP contribution in [0.2, 0.25) is 0 Å². The molecule has 0 unspecified atom stereocenters. The van der Waals surface area contributed by atoms with Crippen LogP contribution in [0, 0.1) is 11.8 Å². The lowest BCUT2D eigenvalue weighted by atomic mass is 9.98. The Hall–Kier alpha value is -1.89. The molecule has 0 spiro atoms. The normalized spacial score (nSPS) is 14.7. The number of carboxylic acid groups (broad SMARTS) is 1. The first-order valence-corrected chi connectivity index (χ1v) is 10.3. The van der Waals surface area contributed by atoms with E-state index in [0.717, 1.165) is 5.56 Å². The third kappa shape index (κ3) is 6.12. The van der Waals surface area contributed by atoms with Crippen LogP contribution >= 0.6 is 0 Å². The lowest BCUT2D eigenvalue weighted by Gasteiger charge is -2.26. The van der Waals surface area contributed by atoms with Gasteiger partial charge in [-0.15, -0.1) is 0 Å². The first-order chi connectivity index (χ1) is 11.8. The Morgan fingerprint density at radius 3 is 2.08 bits per heavy atom. The molecule has 1 amide bonds. The standard InChI is InChI=1S/C19H29NO5S/c1-13(2)16(18(22)23)20-17(21)15(11-14-9-7-6-8-10-14)12-26(24,25)19(3,4)5/h6-10,13,15-16H,11-12H2,1-5H3,(H,20,21)(H,22,23)/t15-,16+/m1/s1. The number of amides is 1. The highest BCUT2D eigenvalue weighted by Gasteiger charge is 2.36. The molecule has 2 atom stereocenters. The highest BCUT2D eigenvalue weighted by atomic mass is 32.2. The molecule has 146 valence electrons. The second-order valence-corrected chi connectivity index (χ2v) is 10.6. The van der Waals surface area contributed by atoms with Crippen LogP contribution in [0.5, 0.6) is 0 Å².